The Hall–Kier alpha value is -1.74. The summed E-state index contributed by atoms with van der Waals surface area (Å²) in [7, 11) is 1.94. The molecule has 0 aliphatic rings. The largest absolute Gasteiger partial charge is 0.463 e. The number of hydrogen-bond acceptors (Lipinski definition) is 3. The molecule has 3 nitrogen and oxygen atoms in total. The molecule has 108 valence electrons. The van der Waals surface area contributed by atoms with Crippen molar-refractivity contribution in [2.24, 2.45) is 0 Å². The lowest BCUT2D eigenvalue weighted by Crippen LogP contribution is -2.22. The van der Waals surface area contributed by atoms with Gasteiger partial charge < -0.3 is 14.6 Å². The van der Waals surface area contributed by atoms with Gasteiger partial charge in [0.05, 0.1) is 13.1 Å². The summed E-state index contributed by atoms with van der Waals surface area (Å²) in [6.07, 6.45) is 0. The van der Waals surface area contributed by atoms with Gasteiger partial charge >= 0.3 is 0 Å². The van der Waals surface area contributed by atoms with E-state index in [1.165, 1.54) is 16.8 Å². The standard InChI is InChI=1S/C17H24N2O/c1-5-19(16-9-7-6-8-13(16)2)12-15-10-14(3)17(20-15)11-18-4/h6-10,18H,5,11-12H2,1-4H3. The van der Waals surface area contributed by atoms with Gasteiger partial charge in [-0.15, -0.1) is 0 Å². The Morgan fingerprint density at radius 2 is 1.90 bits per heavy atom. The van der Waals surface area contributed by atoms with E-state index in [-0.39, 0.29) is 0 Å². The molecule has 0 unspecified atom stereocenters. The zero-order valence-electron chi connectivity index (χ0n) is 12.9. The monoisotopic (exact) mass is 272 g/mol. The molecule has 0 aliphatic carbocycles. The molecule has 1 aromatic carbocycles. The summed E-state index contributed by atoms with van der Waals surface area (Å²) in [5.41, 5.74) is 3.79. The van der Waals surface area contributed by atoms with Gasteiger partial charge in [0.25, 0.3) is 0 Å². The van der Waals surface area contributed by atoms with E-state index in [1.54, 1.807) is 0 Å². The summed E-state index contributed by atoms with van der Waals surface area (Å²) in [4.78, 5) is 2.34. The van der Waals surface area contributed by atoms with Crippen molar-refractivity contribution < 1.29 is 4.42 Å². The molecule has 1 heterocycles. The third kappa shape index (κ3) is 3.23. The van der Waals surface area contributed by atoms with E-state index in [9.17, 15) is 0 Å². The molecule has 1 aromatic heterocycles. The summed E-state index contributed by atoms with van der Waals surface area (Å²) >= 11 is 0. The minimum Gasteiger partial charge on any atom is -0.463 e. The summed E-state index contributed by atoms with van der Waals surface area (Å²) in [6, 6.07) is 10.6. The molecule has 0 radical (unpaired) electrons. The van der Waals surface area contributed by atoms with E-state index in [1.807, 2.05) is 7.05 Å². The lowest BCUT2D eigenvalue weighted by molar-refractivity contribution is 0.449. The minimum atomic E-state index is 0.780. The second kappa shape index (κ2) is 6.62. The van der Waals surface area contributed by atoms with E-state index in [0.29, 0.717) is 0 Å². The van der Waals surface area contributed by atoms with Crippen molar-refractivity contribution in [2.45, 2.75) is 33.9 Å². The quantitative estimate of drug-likeness (QED) is 0.870. The van der Waals surface area contributed by atoms with E-state index < -0.39 is 0 Å². The maximum Gasteiger partial charge on any atom is 0.123 e. The number of furan rings is 1. The van der Waals surface area contributed by atoms with E-state index in [4.69, 9.17) is 4.42 Å². The molecule has 1 N–H and O–H groups in total. The number of benzene rings is 1. The van der Waals surface area contributed by atoms with Crippen LogP contribution >= 0.6 is 0 Å². The van der Waals surface area contributed by atoms with Crippen molar-refractivity contribution in [1.29, 1.82) is 0 Å². The van der Waals surface area contributed by atoms with Crippen molar-refractivity contribution in [3.63, 3.8) is 0 Å². The van der Waals surface area contributed by atoms with E-state index in [2.05, 4.69) is 61.3 Å². The molecule has 3 heteroatoms. The first-order valence-electron chi connectivity index (χ1n) is 7.19. The third-order valence-corrected chi connectivity index (χ3v) is 3.59. The van der Waals surface area contributed by atoms with Crippen LogP contribution in [0.2, 0.25) is 0 Å². The first-order valence-corrected chi connectivity index (χ1v) is 7.19. The highest BCUT2D eigenvalue weighted by atomic mass is 16.3. The summed E-state index contributed by atoms with van der Waals surface area (Å²) in [6.45, 7) is 8.98. The third-order valence-electron chi connectivity index (χ3n) is 3.59. The van der Waals surface area contributed by atoms with Crippen LogP contribution in [0.1, 0.15) is 29.6 Å². The maximum atomic E-state index is 5.94. The van der Waals surface area contributed by atoms with E-state index in [0.717, 1.165) is 31.2 Å². The van der Waals surface area contributed by atoms with Crippen LogP contribution in [0.3, 0.4) is 0 Å². The molecule has 0 atom stereocenters. The molecule has 20 heavy (non-hydrogen) atoms. The lowest BCUT2D eigenvalue weighted by atomic mass is 10.1. The van der Waals surface area contributed by atoms with Crippen molar-refractivity contribution in [1.82, 2.24) is 5.32 Å². The predicted octanol–water partition coefficient (Wildman–Crippen LogP) is 3.64. The normalized spacial score (nSPS) is 10.8. The lowest BCUT2D eigenvalue weighted by Gasteiger charge is -2.23. The number of aryl methyl sites for hydroxylation is 2. The van der Waals surface area contributed by atoms with Crippen molar-refractivity contribution in [3.05, 3.63) is 53.0 Å². The highest BCUT2D eigenvalue weighted by molar-refractivity contribution is 5.53. The van der Waals surface area contributed by atoms with Crippen LogP contribution in [-0.4, -0.2) is 13.6 Å². The van der Waals surface area contributed by atoms with Crippen LogP contribution in [0.15, 0.2) is 34.7 Å². The van der Waals surface area contributed by atoms with Gasteiger partial charge in [0.1, 0.15) is 11.5 Å². The summed E-state index contributed by atoms with van der Waals surface area (Å²) < 4.78 is 5.94. The number of para-hydroxylation sites is 1. The fourth-order valence-electron chi connectivity index (χ4n) is 2.48. The van der Waals surface area contributed by atoms with Crippen LogP contribution in [0.4, 0.5) is 5.69 Å². The Morgan fingerprint density at radius 1 is 1.15 bits per heavy atom. The van der Waals surface area contributed by atoms with Gasteiger partial charge in [0.15, 0.2) is 0 Å². The molecule has 0 amide bonds. The molecule has 0 saturated heterocycles. The van der Waals surface area contributed by atoms with Crippen LogP contribution in [-0.2, 0) is 13.1 Å². The van der Waals surface area contributed by atoms with Crippen LogP contribution in [0.25, 0.3) is 0 Å². The smallest absolute Gasteiger partial charge is 0.123 e. The van der Waals surface area contributed by atoms with Crippen LogP contribution in [0, 0.1) is 13.8 Å². The SMILES string of the molecule is CCN(Cc1cc(C)c(CNC)o1)c1ccccc1C. The predicted molar refractivity (Wildman–Crippen MR) is 84.1 cm³/mol. The van der Waals surface area contributed by atoms with Gasteiger partial charge in [-0.1, -0.05) is 18.2 Å². The Bertz CT molecular complexity index is 560. The molecule has 0 aliphatic heterocycles. The number of nitrogens with one attached hydrogen (secondary N) is 1. The highest BCUT2D eigenvalue weighted by Crippen LogP contribution is 2.23. The van der Waals surface area contributed by atoms with E-state index >= 15 is 0 Å². The average molecular weight is 272 g/mol. The average Bonchev–Trinajstić information content (AvgIpc) is 2.78. The van der Waals surface area contributed by atoms with Gasteiger partial charge in [-0.05, 0) is 51.1 Å². The Labute approximate surface area is 121 Å². The number of hydrogen-bond donors (Lipinski definition) is 1. The molecular formula is C17H24N2O. The summed E-state index contributed by atoms with van der Waals surface area (Å²) in [5.74, 6) is 2.06. The van der Waals surface area contributed by atoms with Crippen LogP contribution < -0.4 is 10.2 Å². The zero-order valence-corrected chi connectivity index (χ0v) is 12.9. The molecule has 2 aromatic rings. The molecular weight excluding hydrogens is 248 g/mol. The molecule has 0 fully saturated rings. The first-order chi connectivity index (χ1) is 9.65. The number of nitrogens with zero attached hydrogens (tertiary/aromatic N) is 1. The molecule has 0 spiro atoms. The van der Waals surface area contributed by atoms with Crippen molar-refractivity contribution in [2.75, 3.05) is 18.5 Å². The topological polar surface area (TPSA) is 28.4 Å². The van der Waals surface area contributed by atoms with Gasteiger partial charge in [-0.2, -0.15) is 0 Å². The van der Waals surface area contributed by atoms with Crippen molar-refractivity contribution in [3.8, 4) is 0 Å². The minimum absolute atomic E-state index is 0.780. The zero-order chi connectivity index (χ0) is 14.5. The Kier molecular flexibility index (Phi) is 4.85. The Balaban J connectivity index is 2.18. The van der Waals surface area contributed by atoms with Gasteiger partial charge in [-0.25, -0.2) is 0 Å². The first kappa shape index (κ1) is 14.7. The molecule has 2 rings (SSSR count). The Morgan fingerprint density at radius 3 is 2.55 bits per heavy atom. The number of anilines is 1. The second-order valence-electron chi connectivity index (χ2n) is 5.15. The highest BCUT2D eigenvalue weighted by Gasteiger charge is 2.12. The number of rotatable bonds is 6. The maximum absolute atomic E-state index is 5.94. The fourth-order valence-corrected chi connectivity index (χ4v) is 2.48. The summed E-state index contributed by atoms with van der Waals surface area (Å²) in [5, 5.41) is 3.14. The van der Waals surface area contributed by atoms with Crippen LogP contribution in [0.5, 0.6) is 0 Å². The van der Waals surface area contributed by atoms with Crippen molar-refractivity contribution >= 4 is 5.69 Å². The van der Waals surface area contributed by atoms with Gasteiger partial charge in [-0.3, -0.25) is 0 Å². The fraction of sp³-hybridized carbons (Fsp3) is 0.412. The van der Waals surface area contributed by atoms with Gasteiger partial charge in [0.2, 0.25) is 0 Å². The molecule has 0 saturated carbocycles. The molecule has 0 bridgehead atoms. The van der Waals surface area contributed by atoms with Gasteiger partial charge in [0, 0.05) is 12.2 Å². The second-order valence-corrected chi connectivity index (χ2v) is 5.15.